The summed E-state index contributed by atoms with van der Waals surface area (Å²) in [6, 6.07) is 3.42. The summed E-state index contributed by atoms with van der Waals surface area (Å²) < 4.78 is 0. The van der Waals surface area contributed by atoms with Crippen LogP contribution in [0.1, 0.15) is 63.6 Å². The molecule has 28 heavy (non-hydrogen) atoms. The summed E-state index contributed by atoms with van der Waals surface area (Å²) in [5, 5.41) is 13.5. The van der Waals surface area contributed by atoms with Crippen molar-refractivity contribution in [3.05, 3.63) is 33.6 Å². The molecule has 4 fully saturated rings. The Balaban J connectivity index is 1.37. The smallest absolute Gasteiger partial charge is 0.275 e. The number of nitrogens with zero attached hydrogens (tertiary/aromatic N) is 2. The lowest BCUT2D eigenvalue weighted by Crippen LogP contribution is -2.54. The minimum Gasteiger partial charge on any atom is -0.347 e. The van der Waals surface area contributed by atoms with Crippen molar-refractivity contribution in [1.29, 1.82) is 0 Å². The molecule has 0 saturated heterocycles. The molecule has 2 N–H and O–H groups in total. The third-order valence-electron chi connectivity index (χ3n) is 7.04. The van der Waals surface area contributed by atoms with Crippen LogP contribution in [0.2, 0.25) is 0 Å². The minimum absolute atomic E-state index is 0.127. The van der Waals surface area contributed by atoms with Crippen LogP contribution in [0.15, 0.2) is 22.3 Å². The predicted molar refractivity (Wildman–Crippen MR) is 108 cm³/mol. The summed E-state index contributed by atoms with van der Waals surface area (Å²) in [6.45, 7) is 1.97. The van der Waals surface area contributed by atoms with Gasteiger partial charge in [-0.05, 0) is 74.1 Å². The maximum atomic E-state index is 13.3. The van der Waals surface area contributed by atoms with Gasteiger partial charge in [0.25, 0.3) is 5.56 Å². The topological polar surface area (TPSA) is 87.7 Å². The molecule has 4 bridgehead atoms. The SMILES string of the molecule is CCC(NC(=O)C12CC3CC(CC(C3)C1)C2)c1nnc(-c2cccs2)[nH]c1=O. The molecule has 2 heterocycles. The van der Waals surface area contributed by atoms with Crippen molar-refractivity contribution in [1.82, 2.24) is 20.5 Å². The number of aromatic amines is 1. The summed E-state index contributed by atoms with van der Waals surface area (Å²) in [5.74, 6) is 2.74. The van der Waals surface area contributed by atoms with Crippen LogP contribution >= 0.6 is 11.3 Å². The van der Waals surface area contributed by atoms with Gasteiger partial charge in [0.15, 0.2) is 11.5 Å². The van der Waals surface area contributed by atoms with E-state index in [9.17, 15) is 9.59 Å². The third-order valence-corrected chi connectivity index (χ3v) is 7.92. The second-order valence-corrected chi connectivity index (χ2v) is 9.95. The summed E-state index contributed by atoms with van der Waals surface area (Å²) >= 11 is 1.51. The lowest BCUT2D eigenvalue weighted by Gasteiger charge is -2.55. The van der Waals surface area contributed by atoms with Crippen LogP contribution in [-0.4, -0.2) is 21.1 Å². The van der Waals surface area contributed by atoms with E-state index in [1.807, 2.05) is 24.4 Å². The van der Waals surface area contributed by atoms with E-state index in [-0.39, 0.29) is 16.9 Å². The van der Waals surface area contributed by atoms with Crippen LogP contribution in [0.4, 0.5) is 0 Å². The first kappa shape index (κ1) is 18.0. The van der Waals surface area contributed by atoms with Crippen molar-refractivity contribution < 1.29 is 4.79 Å². The molecule has 0 radical (unpaired) electrons. The highest BCUT2D eigenvalue weighted by atomic mass is 32.1. The molecule has 2 aromatic rings. The number of amides is 1. The average molecular weight is 399 g/mol. The van der Waals surface area contributed by atoms with Gasteiger partial charge in [-0.2, -0.15) is 0 Å². The monoisotopic (exact) mass is 398 g/mol. The fourth-order valence-corrected chi connectivity index (χ4v) is 6.83. The lowest BCUT2D eigenvalue weighted by molar-refractivity contribution is -0.147. The molecule has 1 amide bonds. The molecule has 6 rings (SSSR count). The Labute approximate surface area is 168 Å². The number of rotatable bonds is 5. The quantitative estimate of drug-likeness (QED) is 0.804. The van der Waals surface area contributed by atoms with Gasteiger partial charge >= 0.3 is 0 Å². The van der Waals surface area contributed by atoms with E-state index in [0.717, 1.165) is 24.1 Å². The lowest BCUT2D eigenvalue weighted by atomic mass is 9.49. The predicted octanol–water partition coefficient (Wildman–Crippen LogP) is 3.68. The molecule has 0 aromatic carbocycles. The molecule has 4 aliphatic rings. The van der Waals surface area contributed by atoms with Gasteiger partial charge in [-0.25, -0.2) is 0 Å². The number of aromatic nitrogens is 3. The van der Waals surface area contributed by atoms with Gasteiger partial charge in [0.1, 0.15) is 0 Å². The Morgan fingerprint density at radius 1 is 1.25 bits per heavy atom. The number of thiophene rings is 1. The van der Waals surface area contributed by atoms with E-state index in [1.54, 1.807) is 0 Å². The maximum absolute atomic E-state index is 13.3. The number of carbonyl (C=O) groups excluding carboxylic acids is 1. The van der Waals surface area contributed by atoms with Crippen molar-refractivity contribution in [3.63, 3.8) is 0 Å². The molecule has 6 nitrogen and oxygen atoms in total. The Morgan fingerprint density at radius 3 is 2.46 bits per heavy atom. The van der Waals surface area contributed by atoms with E-state index < -0.39 is 6.04 Å². The zero-order valence-corrected chi connectivity index (χ0v) is 16.9. The van der Waals surface area contributed by atoms with Crippen molar-refractivity contribution >= 4 is 17.2 Å². The van der Waals surface area contributed by atoms with Gasteiger partial charge in [-0.3, -0.25) is 9.59 Å². The van der Waals surface area contributed by atoms with Gasteiger partial charge in [0.05, 0.1) is 10.9 Å². The van der Waals surface area contributed by atoms with Crippen LogP contribution in [-0.2, 0) is 4.79 Å². The number of H-pyrrole nitrogens is 1. The van der Waals surface area contributed by atoms with Gasteiger partial charge in [-0.15, -0.1) is 21.5 Å². The van der Waals surface area contributed by atoms with E-state index >= 15 is 0 Å². The van der Waals surface area contributed by atoms with Crippen molar-refractivity contribution in [2.24, 2.45) is 23.2 Å². The molecular weight excluding hydrogens is 372 g/mol. The Kier molecular flexibility index (Phi) is 4.38. The van der Waals surface area contributed by atoms with Gasteiger partial charge in [-0.1, -0.05) is 13.0 Å². The molecule has 4 saturated carbocycles. The summed E-state index contributed by atoms with van der Waals surface area (Å²) in [6.07, 6.45) is 7.58. The molecule has 4 aliphatic carbocycles. The zero-order chi connectivity index (χ0) is 19.3. The van der Waals surface area contributed by atoms with Crippen molar-refractivity contribution in [2.45, 2.75) is 57.9 Å². The van der Waals surface area contributed by atoms with Gasteiger partial charge in [0, 0.05) is 5.41 Å². The average Bonchev–Trinajstić information content (AvgIpc) is 3.20. The van der Waals surface area contributed by atoms with E-state index in [0.29, 0.717) is 35.7 Å². The minimum atomic E-state index is -0.394. The number of hydrogen-bond acceptors (Lipinski definition) is 5. The molecule has 0 spiro atoms. The second-order valence-electron chi connectivity index (χ2n) is 9.00. The van der Waals surface area contributed by atoms with Crippen LogP contribution in [0.3, 0.4) is 0 Å². The number of nitrogens with one attached hydrogen (secondary N) is 2. The molecular formula is C21H26N4O2S. The third kappa shape index (κ3) is 3.00. The maximum Gasteiger partial charge on any atom is 0.275 e. The fraction of sp³-hybridized carbons (Fsp3) is 0.619. The summed E-state index contributed by atoms with van der Waals surface area (Å²) in [5.41, 5.74) is -0.184. The normalized spacial score (nSPS) is 31.7. The van der Waals surface area contributed by atoms with Crippen LogP contribution < -0.4 is 10.9 Å². The van der Waals surface area contributed by atoms with E-state index in [4.69, 9.17) is 0 Å². The van der Waals surface area contributed by atoms with Gasteiger partial charge < -0.3 is 10.3 Å². The van der Waals surface area contributed by atoms with Crippen molar-refractivity contribution in [3.8, 4) is 10.7 Å². The highest BCUT2D eigenvalue weighted by Crippen LogP contribution is 2.60. The first-order valence-electron chi connectivity index (χ1n) is 10.4. The number of hydrogen-bond donors (Lipinski definition) is 2. The Bertz CT molecular complexity index is 901. The fourth-order valence-electron chi connectivity index (χ4n) is 6.16. The standard InChI is InChI=1S/C21H26N4O2S/c1-2-15(17-19(26)23-18(25-24-17)16-4-3-5-28-16)22-20(27)21-9-12-6-13(10-21)8-14(7-12)11-21/h3-5,12-15H,2,6-11H2,1H3,(H,22,27)(H,23,25,26). The highest BCUT2D eigenvalue weighted by Gasteiger charge is 2.54. The van der Waals surface area contributed by atoms with E-state index in [2.05, 4.69) is 20.5 Å². The highest BCUT2D eigenvalue weighted by molar-refractivity contribution is 7.13. The van der Waals surface area contributed by atoms with Gasteiger partial charge in [0.2, 0.25) is 5.91 Å². The second kappa shape index (κ2) is 6.79. The van der Waals surface area contributed by atoms with Crippen molar-refractivity contribution in [2.75, 3.05) is 0 Å². The zero-order valence-electron chi connectivity index (χ0n) is 16.1. The molecule has 1 unspecified atom stereocenters. The number of carbonyl (C=O) groups is 1. The molecule has 7 heteroatoms. The summed E-state index contributed by atoms with van der Waals surface area (Å²) in [4.78, 5) is 29.7. The molecule has 0 aliphatic heterocycles. The largest absolute Gasteiger partial charge is 0.347 e. The summed E-state index contributed by atoms with van der Waals surface area (Å²) in [7, 11) is 0. The van der Waals surface area contributed by atoms with Crippen LogP contribution in [0.5, 0.6) is 0 Å². The van der Waals surface area contributed by atoms with Crippen LogP contribution in [0, 0.1) is 23.2 Å². The molecule has 2 aromatic heterocycles. The molecule has 1 atom stereocenters. The first-order valence-corrected chi connectivity index (χ1v) is 11.3. The molecule has 148 valence electrons. The van der Waals surface area contributed by atoms with E-state index in [1.165, 1.54) is 30.6 Å². The Hall–Kier alpha value is -2.02. The van der Waals surface area contributed by atoms with Crippen LogP contribution in [0.25, 0.3) is 10.7 Å². The Morgan fingerprint density at radius 2 is 1.93 bits per heavy atom. The first-order chi connectivity index (χ1) is 13.6.